The maximum Gasteiger partial charge on any atom is 0.337 e. The smallest absolute Gasteiger partial charge is 0.337 e. The van der Waals surface area contributed by atoms with Crippen LogP contribution in [-0.4, -0.2) is 16.1 Å². The third kappa shape index (κ3) is 5.32. The molecule has 3 nitrogen and oxygen atoms in total. The van der Waals surface area contributed by atoms with E-state index in [-0.39, 0.29) is 5.56 Å². The molecule has 0 spiro atoms. The Labute approximate surface area is 146 Å². The Morgan fingerprint density at radius 2 is 1.92 bits per heavy atom. The largest absolute Gasteiger partial charge is 0.478 e. The molecule has 2 atom stereocenters. The molecule has 0 saturated heterocycles. The van der Waals surface area contributed by atoms with E-state index in [2.05, 4.69) is 32.7 Å². The van der Waals surface area contributed by atoms with Crippen LogP contribution in [0.25, 0.3) is 0 Å². The van der Waals surface area contributed by atoms with Crippen LogP contribution in [0.4, 0.5) is 0 Å². The Bertz CT molecular complexity index is 533. The van der Waals surface area contributed by atoms with Gasteiger partial charge >= 0.3 is 5.97 Å². The lowest BCUT2D eigenvalue weighted by atomic mass is 9.72. The van der Waals surface area contributed by atoms with E-state index in [1.165, 1.54) is 38.3 Å². The lowest BCUT2D eigenvalue weighted by Crippen LogP contribution is -2.21. The molecule has 0 aliphatic heterocycles. The molecule has 1 aromatic rings. The zero-order valence-corrected chi connectivity index (χ0v) is 15.7. The monoisotopic (exact) mass is 331 g/mol. The summed E-state index contributed by atoms with van der Waals surface area (Å²) < 4.78 is 0. The van der Waals surface area contributed by atoms with E-state index in [0.717, 1.165) is 30.4 Å². The summed E-state index contributed by atoms with van der Waals surface area (Å²) in [4.78, 5) is 15.5. The maximum atomic E-state index is 11.0. The van der Waals surface area contributed by atoms with Crippen LogP contribution < -0.4 is 0 Å². The molecule has 2 rings (SSSR count). The number of hydrogen-bond donors (Lipinski definition) is 1. The SMILES string of the molecule is CC(C)C1CCCCC(c2ccc(C(=O)O)cn2)CC(C)(C)CC1. The second-order valence-corrected chi connectivity index (χ2v) is 8.67. The number of carboxylic acid groups (broad SMARTS) is 1. The first-order chi connectivity index (χ1) is 11.3. The number of aromatic nitrogens is 1. The van der Waals surface area contributed by atoms with E-state index in [0.29, 0.717) is 11.3 Å². The first-order valence-corrected chi connectivity index (χ1v) is 9.48. The fourth-order valence-corrected chi connectivity index (χ4v) is 4.08. The van der Waals surface area contributed by atoms with Gasteiger partial charge in [-0.25, -0.2) is 4.79 Å². The highest BCUT2D eigenvalue weighted by atomic mass is 16.4. The van der Waals surface area contributed by atoms with Crippen LogP contribution in [0.5, 0.6) is 0 Å². The average Bonchev–Trinajstić information content (AvgIpc) is 2.52. The number of hydrogen-bond acceptors (Lipinski definition) is 2. The molecule has 1 aliphatic carbocycles. The summed E-state index contributed by atoms with van der Waals surface area (Å²) >= 11 is 0. The standard InChI is InChI=1S/C21H33NO2/c1-15(2)16-7-5-6-8-17(13-21(3,4)12-11-16)19-10-9-18(14-22-19)20(23)24/h9-10,14-17H,5-8,11-13H2,1-4H3,(H,23,24). The zero-order chi connectivity index (χ0) is 17.7. The number of rotatable bonds is 3. The minimum Gasteiger partial charge on any atom is -0.478 e. The molecule has 1 heterocycles. The van der Waals surface area contributed by atoms with Crippen molar-refractivity contribution < 1.29 is 9.90 Å². The van der Waals surface area contributed by atoms with E-state index in [4.69, 9.17) is 5.11 Å². The van der Waals surface area contributed by atoms with Gasteiger partial charge in [-0.05, 0) is 55.1 Å². The van der Waals surface area contributed by atoms with E-state index >= 15 is 0 Å². The van der Waals surface area contributed by atoms with Crippen molar-refractivity contribution in [1.82, 2.24) is 4.98 Å². The van der Waals surface area contributed by atoms with Crippen LogP contribution in [0.2, 0.25) is 0 Å². The molecule has 1 aromatic heterocycles. The summed E-state index contributed by atoms with van der Waals surface area (Å²) in [6.07, 6.45) is 10.3. The molecular formula is C21H33NO2. The van der Waals surface area contributed by atoms with Crippen LogP contribution in [0, 0.1) is 17.3 Å². The van der Waals surface area contributed by atoms with Gasteiger partial charge in [0.05, 0.1) is 5.56 Å². The topological polar surface area (TPSA) is 50.2 Å². The van der Waals surface area contributed by atoms with Crippen LogP contribution in [0.1, 0.15) is 94.6 Å². The summed E-state index contributed by atoms with van der Waals surface area (Å²) in [5.41, 5.74) is 1.65. The summed E-state index contributed by atoms with van der Waals surface area (Å²) in [7, 11) is 0. The lowest BCUT2D eigenvalue weighted by molar-refractivity contribution is 0.0696. The third-order valence-corrected chi connectivity index (χ3v) is 5.76. The van der Waals surface area contributed by atoms with Crippen molar-refractivity contribution in [3.8, 4) is 0 Å². The van der Waals surface area contributed by atoms with E-state index < -0.39 is 5.97 Å². The van der Waals surface area contributed by atoms with Crippen LogP contribution in [-0.2, 0) is 0 Å². The van der Waals surface area contributed by atoms with Gasteiger partial charge in [-0.3, -0.25) is 4.98 Å². The summed E-state index contributed by atoms with van der Waals surface area (Å²) in [5, 5.41) is 9.05. The van der Waals surface area contributed by atoms with Gasteiger partial charge in [-0.2, -0.15) is 0 Å². The third-order valence-electron chi connectivity index (χ3n) is 5.76. The van der Waals surface area contributed by atoms with Gasteiger partial charge in [-0.15, -0.1) is 0 Å². The van der Waals surface area contributed by atoms with Crippen LogP contribution in [0.15, 0.2) is 18.3 Å². The van der Waals surface area contributed by atoms with E-state index in [1.807, 2.05) is 6.07 Å². The van der Waals surface area contributed by atoms with Gasteiger partial charge in [0.15, 0.2) is 0 Å². The summed E-state index contributed by atoms with van der Waals surface area (Å²) in [6, 6.07) is 3.62. The van der Waals surface area contributed by atoms with Gasteiger partial charge in [-0.1, -0.05) is 47.0 Å². The molecule has 134 valence electrons. The van der Waals surface area contributed by atoms with Gasteiger partial charge in [0.2, 0.25) is 0 Å². The molecule has 1 N–H and O–H groups in total. The first-order valence-electron chi connectivity index (χ1n) is 9.48. The number of carboxylic acids is 1. The van der Waals surface area contributed by atoms with Gasteiger partial charge < -0.3 is 5.11 Å². The second-order valence-electron chi connectivity index (χ2n) is 8.67. The molecule has 1 saturated carbocycles. The Morgan fingerprint density at radius 1 is 1.21 bits per heavy atom. The summed E-state index contributed by atoms with van der Waals surface area (Å²) in [6.45, 7) is 9.48. The normalized spacial score (nSPS) is 25.4. The molecule has 0 aromatic carbocycles. The molecule has 0 bridgehead atoms. The Hall–Kier alpha value is -1.38. The number of aromatic carboxylic acids is 1. The van der Waals surface area contributed by atoms with E-state index in [9.17, 15) is 4.79 Å². The zero-order valence-electron chi connectivity index (χ0n) is 15.7. The number of nitrogens with zero attached hydrogens (tertiary/aromatic N) is 1. The molecule has 24 heavy (non-hydrogen) atoms. The molecule has 3 heteroatoms. The van der Waals surface area contributed by atoms with Crippen molar-refractivity contribution in [2.24, 2.45) is 17.3 Å². The van der Waals surface area contributed by atoms with Gasteiger partial charge in [0.25, 0.3) is 0 Å². The predicted molar refractivity (Wildman–Crippen MR) is 98.4 cm³/mol. The predicted octanol–water partition coefficient (Wildman–Crippen LogP) is 5.91. The highest BCUT2D eigenvalue weighted by molar-refractivity contribution is 5.87. The molecule has 1 fully saturated rings. The summed E-state index contributed by atoms with van der Waals surface area (Å²) in [5.74, 6) is 1.17. The fourth-order valence-electron chi connectivity index (χ4n) is 4.08. The molecule has 2 unspecified atom stereocenters. The molecular weight excluding hydrogens is 298 g/mol. The lowest BCUT2D eigenvalue weighted by Gasteiger charge is -2.33. The number of carbonyl (C=O) groups is 1. The van der Waals surface area contributed by atoms with Gasteiger partial charge in [0, 0.05) is 17.8 Å². The second kappa shape index (κ2) is 8.13. The quantitative estimate of drug-likeness (QED) is 0.749. The van der Waals surface area contributed by atoms with Crippen molar-refractivity contribution >= 4 is 5.97 Å². The maximum absolute atomic E-state index is 11.0. The highest BCUT2D eigenvalue weighted by Crippen LogP contribution is 2.41. The van der Waals surface area contributed by atoms with Crippen LogP contribution in [0.3, 0.4) is 0 Å². The first kappa shape index (κ1) is 19.0. The Morgan fingerprint density at radius 3 is 2.50 bits per heavy atom. The Kier molecular flexibility index (Phi) is 6.42. The minimum atomic E-state index is -0.903. The molecule has 1 aliphatic rings. The van der Waals surface area contributed by atoms with Crippen molar-refractivity contribution in [3.63, 3.8) is 0 Å². The van der Waals surface area contributed by atoms with Crippen molar-refractivity contribution in [2.75, 3.05) is 0 Å². The van der Waals surface area contributed by atoms with Gasteiger partial charge in [0.1, 0.15) is 0 Å². The number of pyridine rings is 1. The van der Waals surface area contributed by atoms with E-state index in [1.54, 1.807) is 6.07 Å². The van der Waals surface area contributed by atoms with Crippen molar-refractivity contribution in [1.29, 1.82) is 0 Å². The minimum absolute atomic E-state index is 0.276. The van der Waals surface area contributed by atoms with Crippen LogP contribution >= 0.6 is 0 Å². The molecule has 0 amide bonds. The highest BCUT2D eigenvalue weighted by Gasteiger charge is 2.28. The van der Waals surface area contributed by atoms with Crippen molar-refractivity contribution in [3.05, 3.63) is 29.6 Å². The molecule has 0 radical (unpaired) electrons. The van der Waals surface area contributed by atoms with Crippen molar-refractivity contribution in [2.45, 2.75) is 78.6 Å². The fraction of sp³-hybridized carbons (Fsp3) is 0.714. The average molecular weight is 332 g/mol. The Balaban J connectivity index is 2.12.